The van der Waals surface area contributed by atoms with Crippen molar-refractivity contribution in [3.8, 4) is 11.5 Å². The summed E-state index contributed by atoms with van der Waals surface area (Å²) >= 11 is 0. The molecule has 0 aromatic heterocycles. The molecule has 0 saturated carbocycles. The lowest BCUT2D eigenvalue weighted by molar-refractivity contribution is 0.227. The van der Waals surface area contributed by atoms with E-state index in [2.05, 4.69) is 18.3 Å². The first-order valence-electron chi connectivity index (χ1n) is 7.72. The molecule has 0 fully saturated rings. The number of hydrogen-bond acceptors (Lipinski definition) is 3. The molecule has 3 nitrogen and oxygen atoms in total. The smallest absolute Gasteiger partial charge is 0.166 e. The van der Waals surface area contributed by atoms with E-state index in [9.17, 15) is 0 Å². The maximum Gasteiger partial charge on any atom is 0.166 e. The second-order valence-corrected chi connectivity index (χ2v) is 5.35. The van der Waals surface area contributed by atoms with Crippen molar-refractivity contribution < 1.29 is 9.47 Å². The van der Waals surface area contributed by atoms with Crippen molar-refractivity contribution in [2.75, 3.05) is 13.7 Å². The van der Waals surface area contributed by atoms with Gasteiger partial charge in [0, 0.05) is 12.1 Å². The molecular formula is C17H29NO2. The fraction of sp³-hybridized carbons (Fsp3) is 0.647. The van der Waals surface area contributed by atoms with Gasteiger partial charge in [0.2, 0.25) is 0 Å². The summed E-state index contributed by atoms with van der Waals surface area (Å²) in [6.45, 7) is 8.19. The molecule has 0 amide bonds. The van der Waals surface area contributed by atoms with E-state index in [1.54, 1.807) is 7.11 Å². The summed E-state index contributed by atoms with van der Waals surface area (Å²) in [6, 6.07) is 6.06. The molecular weight excluding hydrogens is 250 g/mol. The van der Waals surface area contributed by atoms with E-state index in [1.807, 2.05) is 26.0 Å². The van der Waals surface area contributed by atoms with Crippen LogP contribution in [0.25, 0.3) is 0 Å². The molecule has 0 atom stereocenters. The number of hydrogen-bond donors (Lipinski definition) is 1. The third-order valence-electron chi connectivity index (χ3n) is 3.16. The first kappa shape index (κ1) is 16.8. The van der Waals surface area contributed by atoms with Crippen LogP contribution in [0, 0.1) is 0 Å². The van der Waals surface area contributed by atoms with Crippen molar-refractivity contribution >= 4 is 0 Å². The zero-order valence-corrected chi connectivity index (χ0v) is 13.4. The average Bonchev–Trinajstić information content (AvgIpc) is 2.43. The topological polar surface area (TPSA) is 30.5 Å². The molecule has 3 heteroatoms. The normalized spacial score (nSPS) is 10.8. The predicted molar refractivity (Wildman–Crippen MR) is 84.6 cm³/mol. The third-order valence-corrected chi connectivity index (χ3v) is 3.16. The largest absolute Gasteiger partial charge is 0.493 e. The van der Waals surface area contributed by atoms with Gasteiger partial charge in [-0.25, -0.2) is 0 Å². The van der Waals surface area contributed by atoms with Crippen molar-refractivity contribution in [3.05, 3.63) is 23.8 Å². The van der Waals surface area contributed by atoms with Crippen molar-refractivity contribution in [2.45, 2.75) is 59.1 Å². The van der Waals surface area contributed by atoms with Crippen LogP contribution in [0.5, 0.6) is 11.5 Å². The average molecular weight is 279 g/mol. The number of unbranched alkanes of at least 4 members (excludes halogenated alkanes) is 3. The standard InChI is InChI=1S/C17H29NO2/c1-5-6-7-8-12-18-13-15-10-9-11-16(19-4)17(15)20-14(2)3/h9-11,14,18H,5-8,12-13H2,1-4H3. The number of para-hydroxylation sites is 1. The lowest BCUT2D eigenvalue weighted by atomic mass is 10.1. The second-order valence-electron chi connectivity index (χ2n) is 5.35. The zero-order chi connectivity index (χ0) is 14.8. The Morgan fingerprint density at radius 1 is 1.15 bits per heavy atom. The molecule has 0 spiro atoms. The number of nitrogens with one attached hydrogen (secondary N) is 1. The zero-order valence-electron chi connectivity index (χ0n) is 13.4. The van der Waals surface area contributed by atoms with E-state index < -0.39 is 0 Å². The van der Waals surface area contributed by atoms with Crippen LogP contribution in [0.1, 0.15) is 52.0 Å². The van der Waals surface area contributed by atoms with Crippen LogP contribution in [0.2, 0.25) is 0 Å². The lowest BCUT2D eigenvalue weighted by Crippen LogP contribution is -2.17. The molecule has 0 aliphatic rings. The van der Waals surface area contributed by atoms with Crippen LogP contribution in [-0.2, 0) is 6.54 Å². The van der Waals surface area contributed by atoms with E-state index in [0.717, 1.165) is 30.2 Å². The van der Waals surface area contributed by atoms with Gasteiger partial charge >= 0.3 is 0 Å². The highest BCUT2D eigenvalue weighted by molar-refractivity contribution is 5.46. The van der Waals surface area contributed by atoms with Crippen LogP contribution in [0.3, 0.4) is 0 Å². The van der Waals surface area contributed by atoms with Crippen LogP contribution in [0.4, 0.5) is 0 Å². The minimum atomic E-state index is 0.148. The maximum absolute atomic E-state index is 5.90. The second kappa shape index (κ2) is 9.65. The van der Waals surface area contributed by atoms with Gasteiger partial charge in [-0.3, -0.25) is 0 Å². The molecule has 0 bridgehead atoms. The van der Waals surface area contributed by atoms with E-state index in [-0.39, 0.29) is 6.10 Å². The molecule has 0 radical (unpaired) electrons. The summed E-state index contributed by atoms with van der Waals surface area (Å²) < 4.78 is 11.3. The van der Waals surface area contributed by atoms with Gasteiger partial charge < -0.3 is 14.8 Å². The van der Waals surface area contributed by atoms with Crippen molar-refractivity contribution in [1.82, 2.24) is 5.32 Å². The molecule has 0 heterocycles. The van der Waals surface area contributed by atoms with Crippen LogP contribution in [0.15, 0.2) is 18.2 Å². The third kappa shape index (κ3) is 5.83. The molecule has 114 valence electrons. The van der Waals surface area contributed by atoms with Crippen molar-refractivity contribution in [2.24, 2.45) is 0 Å². The lowest BCUT2D eigenvalue weighted by Gasteiger charge is -2.17. The maximum atomic E-state index is 5.90. The molecule has 1 aromatic rings. The molecule has 0 unspecified atom stereocenters. The molecule has 0 aliphatic carbocycles. The Balaban J connectivity index is 2.55. The minimum Gasteiger partial charge on any atom is -0.493 e. The van der Waals surface area contributed by atoms with Gasteiger partial charge in [-0.2, -0.15) is 0 Å². The molecule has 1 N–H and O–H groups in total. The fourth-order valence-electron chi connectivity index (χ4n) is 2.13. The van der Waals surface area contributed by atoms with Gasteiger partial charge in [0.15, 0.2) is 11.5 Å². The molecule has 0 saturated heterocycles. The Labute approximate surface area is 123 Å². The Hall–Kier alpha value is -1.22. The highest BCUT2D eigenvalue weighted by atomic mass is 16.5. The summed E-state index contributed by atoms with van der Waals surface area (Å²) in [7, 11) is 1.68. The van der Waals surface area contributed by atoms with E-state index in [1.165, 1.54) is 25.7 Å². The van der Waals surface area contributed by atoms with E-state index in [4.69, 9.17) is 9.47 Å². The predicted octanol–water partition coefficient (Wildman–Crippen LogP) is 4.15. The van der Waals surface area contributed by atoms with Gasteiger partial charge in [-0.1, -0.05) is 38.3 Å². The minimum absolute atomic E-state index is 0.148. The highest BCUT2D eigenvalue weighted by Crippen LogP contribution is 2.31. The monoisotopic (exact) mass is 279 g/mol. The van der Waals surface area contributed by atoms with Crippen molar-refractivity contribution in [3.63, 3.8) is 0 Å². The van der Waals surface area contributed by atoms with E-state index in [0.29, 0.717) is 0 Å². The SMILES string of the molecule is CCCCCCNCc1cccc(OC)c1OC(C)C. The summed E-state index contributed by atoms with van der Waals surface area (Å²) in [6.07, 6.45) is 5.29. The Morgan fingerprint density at radius 3 is 2.60 bits per heavy atom. The summed E-state index contributed by atoms with van der Waals surface area (Å²) in [5, 5.41) is 3.49. The highest BCUT2D eigenvalue weighted by Gasteiger charge is 2.11. The number of ether oxygens (including phenoxy) is 2. The molecule has 1 aromatic carbocycles. The van der Waals surface area contributed by atoms with Crippen molar-refractivity contribution in [1.29, 1.82) is 0 Å². The molecule has 0 aliphatic heterocycles. The van der Waals surface area contributed by atoms with Gasteiger partial charge in [0.25, 0.3) is 0 Å². The van der Waals surface area contributed by atoms with Gasteiger partial charge in [-0.15, -0.1) is 0 Å². The number of methoxy groups -OCH3 is 1. The number of benzene rings is 1. The first-order valence-corrected chi connectivity index (χ1v) is 7.72. The summed E-state index contributed by atoms with van der Waals surface area (Å²) in [5.74, 6) is 1.68. The molecule has 1 rings (SSSR count). The first-order chi connectivity index (χ1) is 9.69. The van der Waals surface area contributed by atoms with Gasteiger partial charge in [-0.05, 0) is 32.9 Å². The quantitative estimate of drug-likeness (QED) is 0.653. The fourth-order valence-corrected chi connectivity index (χ4v) is 2.13. The van der Waals surface area contributed by atoms with Crippen LogP contribution < -0.4 is 14.8 Å². The summed E-state index contributed by atoms with van der Waals surface area (Å²) in [5.41, 5.74) is 1.16. The Morgan fingerprint density at radius 2 is 1.95 bits per heavy atom. The van der Waals surface area contributed by atoms with Gasteiger partial charge in [0.05, 0.1) is 13.2 Å². The van der Waals surface area contributed by atoms with Gasteiger partial charge in [0.1, 0.15) is 0 Å². The number of rotatable bonds is 10. The molecule has 20 heavy (non-hydrogen) atoms. The van der Waals surface area contributed by atoms with E-state index >= 15 is 0 Å². The van der Waals surface area contributed by atoms with Crippen LogP contribution in [-0.4, -0.2) is 19.8 Å². The Kier molecular flexibility index (Phi) is 8.12. The van der Waals surface area contributed by atoms with Crippen LogP contribution >= 0.6 is 0 Å². The summed E-state index contributed by atoms with van der Waals surface area (Å²) in [4.78, 5) is 0. The Bertz CT molecular complexity index is 377.